The van der Waals surface area contributed by atoms with E-state index in [1.807, 2.05) is 55.5 Å². The highest BCUT2D eigenvalue weighted by atomic mass is 16.1. The normalized spacial score (nSPS) is 12.3. The maximum atomic E-state index is 12.2. The molecule has 30 heavy (non-hydrogen) atoms. The molecular formula is C23H20N6O. The largest absolute Gasteiger partial charge is 0.357 e. The van der Waals surface area contributed by atoms with Crippen molar-refractivity contribution in [3.05, 3.63) is 94.9 Å². The summed E-state index contributed by atoms with van der Waals surface area (Å²) in [6.45, 7) is 2.54. The Morgan fingerprint density at radius 3 is 2.63 bits per heavy atom. The van der Waals surface area contributed by atoms with E-state index in [2.05, 4.69) is 37.4 Å². The number of hydrogen-bond acceptors (Lipinski definition) is 5. The fourth-order valence-electron chi connectivity index (χ4n) is 3.79. The number of H-pyrrole nitrogens is 1. The first-order valence-electron chi connectivity index (χ1n) is 9.84. The first-order valence-corrected chi connectivity index (χ1v) is 9.84. The Balaban J connectivity index is 1.66. The zero-order chi connectivity index (χ0) is 20.5. The Morgan fingerprint density at radius 2 is 1.87 bits per heavy atom. The van der Waals surface area contributed by atoms with Crippen LogP contribution in [0, 0.1) is 0 Å². The average molecular weight is 396 g/mol. The highest BCUT2D eigenvalue weighted by molar-refractivity contribution is 5.98. The lowest BCUT2D eigenvalue weighted by molar-refractivity contribution is 0.753. The number of aromatic nitrogens is 5. The fourth-order valence-corrected chi connectivity index (χ4v) is 3.79. The van der Waals surface area contributed by atoms with Gasteiger partial charge in [0.1, 0.15) is 12.1 Å². The van der Waals surface area contributed by atoms with Gasteiger partial charge in [0.05, 0.1) is 28.3 Å². The topological polar surface area (TPSA) is 88.5 Å². The molecule has 0 bridgehead atoms. The summed E-state index contributed by atoms with van der Waals surface area (Å²) in [5.41, 5.74) is 4.22. The fraction of sp³-hybridized carbons (Fsp3) is 0.130. The van der Waals surface area contributed by atoms with Crippen LogP contribution in [0.25, 0.3) is 21.9 Å². The molecule has 3 aromatic heterocycles. The van der Waals surface area contributed by atoms with Gasteiger partial charge in [-0.15, -0.1) is 0 Å². The molecule has 0 saturated heterocycles. The summed E-state index contributed by atoms with van der Waals surface area (Å²) < 4.78 is 1.70. The second kappa shape index (κ2) is 7.44. The summed E-state index contributed by atoms with van der Waals surface area (Å²) in [4.78, 5) is 28.6. The minimum Gasteiger partial charge on any atom is -0.357 e. The van der Waals surface area contributed by atoms with Crippen molar-refractivity contribution in [2.45, 2.75) is 19.5 Å². The lowest BCUT2D eigenvalue weighted by Crippen LogP contribution is -2.15. The average Bonchev–Trinajstić information content (AvgIpc) is 3.11. The second-order valence-electron chi connectivity index (χ2n) is 7.03. The van der Waals surface area contributed by atoms with Gasteiger partial charge in [-0.25, -0.2) is 14.8 Å². The quantitative estimate of drug-likeness (QED) is 0.471. The summed E-state index contributed by atoms with van der Waals surface area (Å²) in [6.07, 6.45) is 3.32. The van der Waals surface area contributed by atoms with E-state index in [-0.39, 0.29) is 11.7 Å². The number of anilines is 1. The van der Waals surface area contributed by atoms with Crippen LogP contribution < -0.4 is 11.0 Å². The number of fused-ring (bicyclic) bond motifs is 2. The van der Waals surface area contributed by atoms with Crippen LogP contribution in [-0.2, 0) is 6.54 Å². The highest BCUT2D eigenvalue weighted by Gasteiger charge is 2.18. The molecule has 148 valence electrons. The van der Waals surface area contributed by atoms with Crippen LogP contribution in [0.4, 0.5) is 5.82 Å². The maximum absolute atomic E-state index is 12.2. The number of aryl methyl sites for hydroxylation is 1. The van der Waals surface area contributed by atoms with E-state index >= 15 is 0 Å². The van der Waals surface area contributed by atoms with E-state index in [4.69, 9.17) is 0 Å². The summed E-state index contributed by atoms with van der Waals surface area (Å²) in [5, 5.41) is 4.38. The van der Waals surface area contributed by atoms with E-state index < -0.39 is 0 Å². The van der Waals surface area contributed by atoms with E-state index in [9.17, 15) is 4.79 Å². The zero-order valence-corrected chi connectivity index (χ0v) is 16.4. The van der Waals surface area contributed by atoms with Crippen LogP contribution in [0.5, 0.6) is 0 Å². The summed E-state index contributed by atoms with van der Waals surface area (Å²) in [7, 11) is 0. The van der Waals surface area contributed by atoms with Gasteiger partial charge in [-0.2, -0.15) is 0 Å². The summed E-state index contributed by atoms with van der Waals surface area (Å²) in [6, 6.07) is 19.7. The number of pyridine rings is 1. The Kier molecular flexibility index (Phi) is 4.48. The first kappa shape index (κ1) is 18.1. The first-order chi connectivity index (χ1) is 14.7. The minimum atomic E-state index is -0.180. The molecule has 0 spiro atoms. The molecule has 0 fully saturated rings. The predicted molar refractivity (Wildman–Crippen MR) is 117 cm³/mol. The predicted octanol–water partition coefficient (Wildman–Crippen LogP) is 3.89. The molecule has 2 aromatic carbocycles. The smallest absolute Gasteiger partial charge is 0.326 e. The molecule has 7 nitrogen and oxygen atoms in total. The van der Waals surface area contributed by atoms with Crippen molar-refractivity contribution < 1.29 is 0 Å². The third-order valence-electron chi connectivity index (χ3n) is 5.24. The Morgan fingerprint density at radius 1 is 1.03 bits per heavy atom. The van der Waals surface area contributed by atoms with Crippen LogP contribution in [0.2, 0.25) is 0 Å². The molecule has 7 heteroatoms. The summed E-state index contributed by atoms with van der Waals surface area (Å²) >= 11 is 0. The summed E-state index contributed by atoms with van der Waals surface area (Å²) in [5.74, 6) is 0.687. The number of imidazole rings is 1. The van der Waals surface area contributed by atoms with Gasteiger partial charge < -0.3 is 10.3 Å². The third kappa shape index (κ3) is 3.10. The van der Waals surface area contributed by atoms with Crippen LogP contribution in [-0.4, -0.2) is 24.5 Å². The molecule has 5 aromatic rings. The van der Waals surface area contributed by atoms with Crippen LogP contribution >= 0.6 is 0 Å². The van der Waals surface area contributed by atoms with E-state index in [0.29, 0.717) is 12.4 Å². The molecule has 0 aliphatic rings. The van der Waals surface area contributed by atoms with Crippen LogP contribution in [0.15, 0.2) is 78.0 Å². The molecule has 1 atom stereocenters. The molecule has 0 aliphatic carbocycles. The molecule has 3 heterocycles. The lowest BCUT2D eigenvalue weighted by Gasteiger charge is -2.20. The number of rotatable bonds is 5. The van der Waals surface area contributed by atoms with Crippen molar-refractivity contribution in [1.29, 1.82) is 0 Å². The maximum Gasteiger partial charge on any atom is 0.326 e. The standard InChI is InChI=1S/C23H20N6O/c1-2-29-20-13-18-16(12-19(20)27-23(29)30)22(26-14-25-18)28-21(15-8-4-3-5-9-15)17-10-6-7-11-24-17/h3-14,21H,2H2,1H3,(H,27,30)(H,25,26,28). The third-order valence-corrected chi connectivity index (χ3v) is 5.24. The van der Waals surface area contributed by atoms with Crippen molar-refractivity contribution in [3.8, 4) is 0 Å². The van der Waals surface area contributed by atoms with Crippen molar-refractivity contribution in [1.82, 2.24) is 24.5 Å². The van der Waals surface area contributed by atoms with Gasteiger partial charge in [-0.3, -0.25) is 9.55 Å². The van der Waals surface area contributed by atoms with Gasteiger partial charge in [0.25, 0.3) is 0 Å². The molecule has 0 saturated carbocycles. The van der Waals surface area contributed by atoms with Crippen molar-refractivity contribution in [3.63, 3.8) is 0 Å². The number of hydrogen-bond donors (Lipinski definition) is 2. The molecule has 0 aliphatic heterocycles. The van der Waals surface area contributed by atoms with Gasteiger partial charge in [-0.1, -0.05) is 36.4 Å². The number of nitrogens with zero attached hydrogens (tertiary/aromatic N) is 4. The molecule has 2 N–H and O–H groups in total. The SMILES string of the molecule is CCn1c(=O)[nH]c2cc3c(NC(c4ccccc4)c4ccccn4)ncnc3cc21. The molecule has 1 unspecified atom stereocenters. The monoisotopic (exact) mass is 396 g/mol. The van der Waals surface area contributed by atoms with Crippen LogP contribution in [0.1, 0.15) is 24.2 Å². The lowest BCUT2D eigenvalue weighted by atomic mass is 10.0. The van der Waals surface area contributed by atoms with Crippen molar-refractivity contribution in [2.24, 2.45) is 0 Å². The Hall–Kier alpha value is -4.00. The van der Waals surface area contributed by atoms with Crippen LogP contribution in [0.3, 0.4) is 0 Å². The van der Waals surface area contributed by atoms with Gasteiger partial charge in [0, 0.05) is 18.1 Å². The number of benzene rings is 2. The van der Waals surface area contributed by atoms with Crippen molar-refractivity contribution in [2.75, 3.05) is 5.32 Å². The van der Waals surface area contributed by atoms with E-state index in [0.717, 1.165) is 33.2 Å². The zero-order valence-electron chi connectivity index (χ0n) is 16.4. The molecule has 5 rings (SSSR count). The van der Waals surface area contributed by atoms with Gasteiger partial charge in [0.2, 0.25) is 0 Å². The van der Waals surface area contributed by atoms with E-state index in [1.165, 1.54) is 6.33 Å². The second-order valence-corrected chi connectivity index (χ2v) is 7.03. The molecular weight excluding hydrogens is 376 g/mol. The minimum absolute atomic E-state index is 0.124. The molecule has 0 radical (unpaired) electrons. The van der Waals surface area contributed by atoms with Gasteiger partial charge in [-0.05, 0) is 36.8 Å². The highest BCUT2D eigenvalue weighted by Crippen LogP contribution is 2.29. The molecule has 0 amide bonds. The van der Waals surface area contributed by atoms with Gasteiger partial charge in [0.15, 0.2) is 0 Å². The Bertz CT molecular complexity index is 1340. The Labute approximate surface area is 172 Å². The number of nitrogens with one attached hydrogen (secondary N) is 2. The van der Waals surface area contributed by atoms with E-state index in [1.54, 1.807) is 10.8 Å². The van der Waals surface area contributed by atoms with Crippen molar-refractivity contribution >= 4 is 27.8 Å². The number of aromatic amines is 1. The van der Waals surface area contributed by atoms with Gasteiger partial charge >= 0.3 is 5.69 Å².